The summed E-state index contributed by atoms with van der Waals surface area (Å²) in [5.74, 6) is 0.981. The Morgan fingerprint density at radius 2 is 1.23 bits per heavy atom. The summed E-state index contributed by atoms with van der Waals surface area (Å²) in [6, 6.07) is 6.46. The van der Waals surface area contributed by atoms with Gasteiger partial charge in [-0.2, -0.15) is 0 Å². The first kappa shape index (κ1) is 40.0. The number of fused-ring (bicyclic) bond motifs is 1. The predicted molar refractivity (Wildman–Crippen MR) is 214 cm³/mol. The van der Waals surface area contributed by atoms with Crippen molar-refractivity contribution in [2.24, 2.45) is 5.92 Å². The van der Waals surface area contributed by atoms with Gasteiger partial charge < -0.3 is 44.6 Å². The fourth-order valence-corrected chi connectivity index (χ4v) is 9.75. The van der Waals surface area contributed by atoms with Crippen LogP contribution in [0.1, 0.15) is 87.7 Å². The van der Waals surface area contributed by atoms with E-state index in [1.807, 2.05) is 31.1 Å². The molecule has 304 valence electrons. The predicted octanol–water partition coefficient (Wildman–Crippen LogP) is 6.15. The van der Waals surface area contributed by atoms with Crippen molar-refractivity contribution in [2.45, 2.75) is 96.0 Å². The number of amides is 4. The number of carbonyl (C=O) groups excluding carboxylic acids is 4. The Labute approximate surface area is 336 Å². The Morgan fingerprint density at radius 1 is 0.719 bits per heavy atom. The van der Waals surface area contributed by atoms with E-state index in [2.05, 4.69) is 44.9 Å². The summed E-state index contributed by atoms with van der Waals surface area (Å²) in [6.07, 6.45) is 8.15. The average Bonchev–Trinajstić information content (AvgIpc) is 4.07. The number of nitrogens with zero attached hydrogens (tertiary/aromatic N) is 4. The molecule has 3 aliphatic rings. The summed E-state index contributed by atoms with van der Waals surface area (Å²) in [5, 5.41) is 5.35. The summed E-state index contributed by atoms with van der Waals surface area (Å²) in [5.41, 5.74) is 6.67. The van der Waals surface area contributed by atoms with Crippen molar-refractivity contribution in [3.05, 3.63) is 59.4 Å². The number of hydrogen-bond acceptors (Lipinski definition) is 10. The molecule has 0 bridgehead atoms. The highest BCUT2D eigenvalue weighted by Gasteiger charge is 2.40. The van der Waals surface area contributed by atoms with Crippen LogP contribution >= 0.6 is 11.3 Å². The maximum Gasteiger partial charge on any atom is 0.407 e. The maximum atomic E-state index is 13.7. The van der Waals surface area contributed by atoms with Crippen molar-refractivity contribution < 1.29 is 33.4 Å². The minimum Gasteiger partial charge on any atom is -0.453 e. The number of thiophene rings is 1. The van der Waals surface area contributed by atoms with Crippen LogP contribution in [-0.2, 0) is 36.6 Å². The van der Waals surface area contributed by atoms with Crippen LogP contribution in [0.15, 0.2) is 36.7 Å². The summed E-state index contributed by atoms with van der Waals surface area (Å²) in [4.78, 5) is 74.1. The number of benzene rings is 1. The van der Waals surface area contributed by atoms with Gasteiger partial charge in [0.05, 0.1) is 61.1 Å². The Bertz CT molecular complexity index is 2090. The number of imidazole rings is 2. The van der Waals surface area contributed by atoms with Crippen LogP contribution in [0, 0.1) is 5.92 Å². The molecule has 4 aromatic rings. The highest BCUT2D eigenvalue weighted by atomic mass is 32.1. The highest BCUT2D eigenvalue weighted by molar-refractivity contribution is 7.19. The largest absolute Gasteiger partial charge is 0.453 e. The number of carbonyl (C=O) groups is 4. The number of methoxy groups -OCH3 is 3. The van der Waals surface area contributed by atoms with Crippen LogP contribution in [0.4, 0.5) is 9.59 Å². The summed E-state index contributed by atoms with van der Waals surface area (Å²) in [7, 11) is 4.07. The Morgan fingerprint density at radius 3 is 1.79 bits per heavy atom. The van der Waals surface area contributed by atoms with Gasteiger partial charge >= 0.3 is 12.2 Å². The summed E-state index contributed by atoms with van der Waals surface area (Å²) in [6.45, 7) is 6.71. The van der Waals surface area contributed by atoms with Gasteiger partial charge in [0, 0.05) is 25.1 Å². The Balaban J connectivity index is 1.07. The van der Waals surface area contributed by atoms with Gasteiger partial charge in [-0.25, -0.2) is 19.6 Å². The van der Waals surface area contributed by atoms with E-state index in [1.165, 1.54) is 42.2 Å². The van der Waals surface area contributed by atoms with E-state index in [0.29, 0.717) is 18.9 Å². The molecule has 57 heavy (non-hydrogen) atoms. The molecule has 7 rings (SSSR count). The number of aromatic amines is 2. The van der Waals surface area contributed by atoms with Crippen molar-refractivity contribution >= 4 is 35.3 Å². The standard InChI is InChI=1S/C41H52N8O7S/c1-22(2)32(46-40(52)55-5)38(50)48-18-8-13-31(48)37-43-21-29(45-37)35-27-11-7-10-26(27)34(57-35)25-16-14-24(15-17-25)28-20-42-36(44-28)30-12-9-19-49(30)39(51)33(23(3)54-4)47-41(53)56-6/h14-17,20-23,30-33H,7-13,18-19H2,1-6H3,(H,42,44)(H,43,45)(H,46,52)(H,47,53)/t23-,30+,31+,32+,33+/m1/s1. The number of alkyl carbamates (subject to hydrolysis) is 2. The molecule has 0 spiro atoms. The maximum absolute atomic E-state index is 13.7. The summed E-state index contributed by atoms with van der Waals surface area (Å²) < 4.78 is 15.0. The lowest BCUT2D eigenvalue weighted by atomic mass is 10.0. The molecule has 2 saturated heterocycles. The molecule has 2 fully saturated rings. The number of rotatable bonds is 12. The van der Waals surface area contributed by atoms with Crippen LogP contribution in [0.3, 0.4) is 0 Å². The molecule has 5 heterocycles. The second-order valence-corrected chi connectivity index (χ2v) is 16.3. The van der Waals surface area contributed by atoms with Crippen molar-refractivity contribution in [1.29, 1.82) is 0 Å². The number of nitrogens with one attached hydrogen (secondary N) is 4. The Kier molecular flexibility index (Phi) is 12.0. The van der Waals surface area contributed by atoms with Gasteiger partial charge in [-0.3, -0.25) is 9.59 Å². The number of aromatic nitrogens is 4. The highest BCUT2D eigenvalue weighted by Crippen LogP contribution is 2.46. The molecule has 0 saturated carbocycles. The molecular formula is C41H52N8O7S. The van der Waals surface area contributed by atoms with Gasteiger partial charge in [0.1, 0.15) is 23.7 Å². The van der Waals surface area contributed by atoms with E-state index in [9.17, 15) is 19.2 Å². The lowest BCUT2D eigenvalue weighted by Crippen LogP contribution is -2.54. The molecule has 4 amide bonds. The number of likely N-dealkylation sites (tertiary alicyclic amines) is 2. The van der Waals surface area contributed by atoms with E-state index >= 15 is 0 Å². The number of hydrogen-bond donors (Lipinski definition) is 4. The topological polar surface area (TPSA) is 184 Å². The molecule has 0 radical (unpaired) electrons. The van der Waals surface area contributed by atoms with Crippen LogP contribution in [0.5, 0.6) is 0 Å². The zero-order valence-electron chi connectivity index (χ0n) is 33.3. The average molecular weight is 801 g/mol. The third kappa shape index (κ3) is 8.02. The SMILES string of the molecule is COC(=O)N[C@H](C(=O)N1CCC[C@H]1c1ncc(-c2sc(-c3ccc(-c4cnc([C@@H]5CCCN5C(=O)[C@@H](NC(=O)OC)[C@@H](C)OC)[nH]4)cc3)c3c2CCC3)[nH]1)C(C)C. The normalized spacial score (nSPS) is 19.4. The van der Waals surface area contributed by atoms with Crippen molar-refractivity contribution in [3.63, 3.8) is 0 Å². The van der Waals surface area contributed by atoms with E-state index in [4.69, 9.17) is 24.2 Å². The van der Waals surface area contributed by atoms with E-state index in [1.54, 1.807) is 23.2 Å². The Hall–Kier alpha value is -5.22. The zero-order chi connectivity index (χ0) is 40.4. The smallest absolute Gasteiger partial charge is 0.407 e. The van der Waals surface area contributed by atoms with Gasteiger partial charge in [0.2, 0.25) is 11.8 Å². The minimum absolute atomic E-state index is 0.105. The van der Waals surface area contributed by atoms with Crippen LogP contribution in [0.2, 0.25) is 0 Å². The van der Waals surface area contributed by atoms with E-state index in [0.717, 1.165) is 73.3 Å². The fourth-order valence-electron chi connectivity index (χ4n) is 8.38. The monoisotopic (exact) mass is 800 g/mol. The van der Waals surface area contributed by atoms with Crippen molar-refractivity contribution in [3.8, 4) is 32.3 Å². The first-order valence-electron chi connectivity index (χ1n) is 19.7. The van der Waals surface area contributed by atoms with Gasteiger partial charge in [0.15, 0.2) is 0 Å². The third-order valence-corrected chi connectivity index (χ3v) is 12.9. The second kappa shape index (κ2) is 17.1. The molecule has 1 aliphatic carbocycles. The molecule has 3 aromatic heterocycles. The fraction of sp³-hybridized carbons (Fsp3) is 0.512. The summed E-state index contributed by atoms with van der Waals surface area (Å²) >= 11 is 1.77. The van der Waals surface area contributed by atoms with Crippen molar-refractivity contribution in [1.82, 2.24) is 40.4 Å². The molecule has 2 aliphatic heterocycles. The molecule has 0 unspecified atom stereocenters. The molecule has 15 nitrogen and oxygen atoms in total. The second-order valence-electron chi connectivity index (χ2n) is 15.3. The zero-order valence-corrected chi connectivity index (χ0v) is 34.2. The number of ether oxygens (including phenoxy) is 3. The molecule has 4 N–H and O–H groups in total. The van der Waals surface area contributed by atoms with Crippen LogP contribution < -0.4 is 10.6 Å². The molecule has 1 aromatic carbocycles. The third-order valence-electron chi connectivity index (χ3n) is 11.5. The van der Waals surface area contributed by atoms with Crippen LogP contribution in [-0.4, -0.2) is 106 Å². The van der Waals surface area contributed by atoms with Gasteiger partial charge in [-0.05, 0) is 80.0 Å². The van der Waals surface area contributed by atoms with Crippen molar-refractivity contribution in [2.75, 3.05) is 34.4 Å². The van der Waals surface area contributed by atoms with Gasteiger partial charge in [-0.15, -0.1) is 11.3 Å². The lowest BCUT2D eigenvalue weighted by Gasteiger charge is -2.30. The first-order valence-corrected chi connectivity index (χ1v) is 20.5. The van der Waals surface area contributed by atoms with E-state index in [-0.39, 0.29) is 29.8 Å². The quantitative estimate of drug-likeness (QED) is 0.131. The van der Waals surface area contributed by atoms with Crippen LogP contribution in [0.25, 0.3) is 32.3 Å². The van der Waals surface area contributed by atoms with Gasteiger partial charge in [0.25, 0.3) is 0 Å². The molecule has 16 heteroatoms. The lowest BCUT2D eigenvalue weighted by molar-refractivity contribution is -0.137. The van der Waals surface area contributed by atoms with E-state index < -0.39 is 30.4 Å². The first-order chi connectivity index (χ1) is 27.5. The molecular weight excluding hydrogens is 749 g/mol. The molecule has 5 atom stereocenters. The number of H-pyrrole nitrogens is 2. The van der Waals surface area contributed by atoms with Gasteiger partial charge in [-0.1, -0.05) is 38.1 Å². The minimum atomic E-state index is -0.895.